The van der Waals surface area contributed by atoms with Crippen LogP contribution in [0.5, 0.6) is 0 Å². The first kappa shape index (κ1) is 9.75. The zero-order valence-electron chi connectivity index (χ0n) is 7.79. The van der Waals surface area contributed by atoms with Crippen molar-refractivity contribution in [3.63, 3.8) is 0 Å². The van der Waals surface area contributed by atoms with Gasteiger partial charge in [0.15, 0.2) is 5.78 Å². The lowest BCUT2D eigenvalue weighted by molar-refractivity contribution is -0.120. The summed E-state index contributed by atoms with van der Waals surface area (Å²) in [5, 5.41) is 17.6. The Labute approximate surface area is 84.9 Å². The predicted molar refractivity (Wildman–Crippen MR) is 46.7 cm³/mol. The van der Waals surface area contributed by atoms with Crippen LogP contribution in [-0.2, 0) is 4.79 Å². The summed E-state index contributed by atoms with van der Waals surface area (Å²) in [4.78, 5) is 35.1. The van der Waals surface area contributed by atoms with Gasteiger partial charge in [0.2, 0.25) is 0 Å². The van der Waals surface area contributed by atoms with Crippen molar-refractivity contribution in [1.29, 1.82) is 0 Å². The number of hydrogen-bond acceptors (Lipinski definition) is 3. The number of amides is 2. The van der Waals surface area contributed by atoms with Gasteiger partial charge in [-0.3, -0.25) is 14.6 Å². The third-order valence-corrected chi connectivity index (χ3v) is 2.91. The van der Waals surface area contributed by atoms with E-state index in [0.29, 0.717) is 6.42 Å². The van der Waals surface area contributed by atoms with Crippen molar-refractivity contribution in [2.45, 2.75) is 18.5 Å². The summed E-state index contributed by atoms with van der Waals surface area (Å²) >= 11 is 0. The van der Waals surface area contributed by atoms with Crippen molar-refractivity contribution in [3.05, 3.63) is 0 Å². The van der Waals surface area contributed by atoms with Crippen LogP contribution in [0.15, 0.2) is 0 Å². The Morgan fingerprint density at radius 1 is 1.20 bits per heavy atom. The highest BCUT2D eigenvalue weighted by Crippen LogP contribution is 2.29. The normalized spacial score (nSPS) is 29.5. The number of carbonyl (C=O) groups is 3. The molecule has 2 N–H and O–H groups in total. The maximum absolute atomic E-state index is 11.5. The molecule has 2 amide bonds. The Morgan fingerprint density at radius 2 is 1.80 bits per heavy atom. The third kappa shape index (κ3) is 1.31. The molecule has 2 aliphatic rings. The van der Waals surface area contributed by atoms with E-state index in [1.165, 1.54) is 0 Å². The van der Waals surface area contributed by atoms with E-state index in [-0.39, 0.29) is 18.9 Å². The second kappa shape index (κ2) is 3.11. The van der Waals surface area contributed by atoms with E-state index in [1.807, 2.05) is 0 Å². The molecule has 2 saturated heterocycles. The molecule has 0 aromatic rings. The molecule has 2 aliphatic heterocycles. The van der Waals surface area contributed by atoms with E-state index in [9.17, 15) is 14.4 Å². The van der Waals surface area contributed by atoms with Gasteiger partial charge in [-0.05, 0) is 6.42 Å². The molecular weight excluding hydrogens is 204 g/mol. The van der Waals surface area contributed by atoms with Crippen LogP contribution in [0.1, 0.15) is 6.42 Å². The number of carboxylic acid groups (broad SMARTS) is 2. The van der Waals surface area contributed by atoms with Gasteiger partial charge in [0.05, 0.1) is 12.6 Å². The van der Waals surface area contributed by atoms with Gasteiger partial charge < -0.3 is 10.2 Å². The molecular formula is C8H10N2O5. The molecule has 2 heterocycles. The number of nitrogens with zero attached hydrogens (tertiary/aromatic N) is 2. The van der Waals surface area contributed by atoms with Gasteiger partial charge in [-0.25, -0.2) is 9.59 Å². The number of rotatable bonds is 0. The second-order valence-corrected chi connectivity index (χ2v) is 3.65. The lowest BCUT2D eigenvalue weighted by Gasteiger charge is -2.20. The SMILES string of the molecule is O=C1CN(C(=O)O)[C@@H]2CCN(C(=O)O)[C@H]12. The fourth-order valence-electron chi connectivity index (χ4n) is 2.29. The van der Waals surface area contributed by atoms with E-state index >= 15 is 0 Å². The molecule has 15 heavy (non-hydrogen) atoms. The summed E-state index contributed by atoms with van der Waals surface area (Å²) in [5.41, 5.74) is 0. The minimum absolute atomic E-state index is 0.200. The van der Waals surface area contributed by atoms with E-state index in [1.54, 1.807) is 0 Å². The van der Waals surface area contributed by atoms with Gasteiger partial charge >= 0.3 is 12.2 Å². The lowest BCUT2D eigenvalue weighted by Crippen LogP contribution is -2.42. The monoisotopic (exact) mass is 214 g/mol. The first-order valence-corrected chi connectivity index (χ1v) is 4.54. The largest absolute Gasteiger partial charge is 0.465 e. The van der Waals surface area contributed by atoms with Gasteiger partial charge in [0.1, 0.15) is 6.04 Å². The van der Waals surface area contributed by atoms with Crippen LogP contribution in [0.3, 0.4) is 0 Å². The first-order chi connectivity index (χ1) is 7.02. The van der Waals surface area contributed by atoms with Gasteiger partial charge in [-0.2, -0.15) is 0 Å². The predicted octanol–water partition coefficient (Wildman–Crippen LogP) is -0.330. The van der Waals surface area contributed by atoms with Crippen LogP contribution in [0.25, 0.3) is 0 Å². The Morgan fingerprint density at radius 3 is 2.33 bits per heavy atom. The molecule has 82 valence electrons. The molecule has 0 aromatic heterocycles. The zero-order valence-corrected chi connectivity index (χ0v) is 7.79. The van der Waals surface area contributed by atoms with Crippen LogP contribution < -0.4 is 0 Å². The third-order valence-electron chi connectivity index (χ3n) is 2.91. The number of likely N-dealkylation sites (tertiary alicyclic amines) is 2. The van der Waals surface area contributed by atoms with Crippen molar-refractivity contribution in [1.82, 2.24) is 9.80 Å². The molecule has 0 spiro atoms. The Bertz CT molecular complexity index is 330. The Hall–Kier alpha value is -1.79. The zero-order chi connectivity index (χ0) is 11.2. The molecule has 0 radical (unpaired) electrons. The topological polar surface area (TPSA) is 98.2 Å². The highest BCUT2D eigenvalue weighted by atomic mass is 16.4. The quantitative estimate of drug-likeness (QED) is 0.575. The van der Waals surface area contributed by atoms with Gasteiger partial charge in [0, 0.05) is 6.54 Å². The van der Waals surface area contributed by atoms with Crippen molar-refractivity contribution in [3.8, 4) is 0 Å². The molecule has 2 atom stereocenters. The fourth-order valence-corrected chi connectivity index (χ4v) is 2.29. The second-order valence-electron chi connectivity index (χ2n) is 3.65. The van der Waals surface area contributed by atoms with Crippen LogP contribution in [0, 0.1) is 0 Å². The number of fused-ring (bicyclic) bond motifs is 1. The molecule has 0 aliphatic carbocycles. The molecule has 2 rings (SSSR count). The average Bonchev–Trinajstić information content (AvgIpc) is 2.66. The molecule has 0 unspecified atom stereocenters. The van der Waals surface area contributed by atoms with E-state index < -0.39 is 24.3 Å². The summed E-state index contributed by atoms with van der Waals surface area (Å²) in [6.07, 6.45) is -1.93. The van der Waals surface area contributed by atoms with Gasteiger partial charge in [0.25, 0.3) is 0 Å². The number of ketones is 1. The summed E-state index contributed by atoms with van der Waals surface area (Å²) in [6.45, 7) is 0.0225. The lowest BCUT2D eigenvalue weighted by atomic mass is 10.1. The van der Waals surface area contributed by atoms with Crippen LogP contribution in [0.2, 0.25) is 0 Å². The van der Waals surface area contributed by atoms with Gasteiger partial charge in [-0.15, -0.1) is 0 Å². The number of carbonyl (C=O) groups excluding carboxylic acids is 1. The van der Waals surface area contributed by atoms with E-state index in [0.717, 1.165) is 9.80 Å². The molecule has 0 saturated carbocycles. The summed E-state index contributed by atoms with van der Waals surface area (Å²) < 4.78 is 0. The summed E-state index contributed by atoms with van der Waals surface area (Å²) in [6, 6.07) is -1.29. The van der Waals surface area contributed by atoms with Crippen LogP contribution in [-0.4, -0.2) is 63.2 Å². The first-order valence-electron chi connectivity index (χ1n) is 4.54. The van der Waals surface area contributed by atoms with E-state index in [2.05, 4.69) is 0 Å². The maximum atomic E-state index is 11.5. The highest BCUT2D eigenvalue weighted by molar-refractivity contribution is 5.95. The summed E-state index contributed by atoms with van der Waals surface area (Å²) in [7, 11) is 0. The Kier molecular flexibility index (Phi) is 2.02. The highest BCUT2D eigenvalue weighted by Gasteiger charge is 2.51. The minimum atomic E-state index is -1.16. The number of hydrogen-bond donors (Lipinski definition) is 2. The van der Waals surface area contributed by atoms with Crippen molar-refractivity contribution in [2.24, 2.45) is 0 Å². The van der Waals surface area contributed by atoms with Crippen molar-refractivity contribution < 1.29 is 24.6 Å². The molecule has 2 fully saturated rings. The van der Waals surface area contributed by atoms with Crippen molar-refractivity contribution >= 4 is 18.0 Å². The molecule has 0 bridgehead atoms. The Balaban J connectivity index is 2.24. The smallest absolute Gasteiger partial charge is 0.408 e. The fraction of sp³-hybridized carbons (Fsp3) is 0.625. The van der Waals surface area contributed by atoms with Crippen LogP contribution in [0.4, 0.5) is 9.59 Å². The summed E-state index contributed by atoms with van der Waals surface area (Å²) in [5.74, 6) is -0.331. The van der Waals surface area contributed by atoms with Crippen molar-refractivity contribution in [2.75, 3.05) is 13.1 Å². The number of Topliss-reactive ketones (excluding diaryl/α,β-unsaturated/α-hetero) is 1. The maximum Gasteiger partial charge on any atom is 0.408 e. The minimum Gasteiger partial charge on any atom is -0.465 e. The standard InChI is InChI=1S/C8H10N2O5/c11-5-3-10(8(14)15)4-1-2-9(6(4)5)7(12)13/h4,6H,1-3H2,(H,12,13)(H,14,15)/t4-,6+/m1/s1. The molecule has 0 aromatic carbocycles. The average molecular weight is 214 g/mol. The van der Waals surface area contributed by atoms with E-state index in [4.69, 9.17) is 10.2 Å². The molecule has 7 heteroatoms. The molecule has 7 nitrogen and oxygen atoms in total. The van der Waals surface area contributed by atoms with Crippen LogP contribution >= 0.6 is 0 Å². The van der Waals surface area contributed by atoms with Gasteiger partial charge in [-0.1, -0.05) is 0 Å².